The number of halogens is 2. The van der Waals surface area contributed by atoms with E-state index in [9.17, 15) is 0 Å². The summed E-state index contributed by atoms with van der Waals surface area (Å²) in [5.41, 5.74) is 4.67. The predicted molar refractivity (Wildman–Crippen MR) is 72.1 cm³/mol. The first-order valence-electron chi connectivity index (χ1n) is 5.18. The van der Waals surface area contributed by atoms with Crippen molar-refractivity contribution in [2.24, 2.45) is 5.84 Å². The topological polar surface area (TPSA) is 38.0 Å². The van der Waals surface area contributed by atoms with E-state index in [2.05, 4.69) is 5.43 Å². The molecule has 88 valence electrons. The molecule has 0 saturated carbocycles. The average molecular weight is 267 g/mol. The van der Waals surface area contributed by atoms with Crippen LogP contribution in [0, 0.1) is 0 Å². The maximum absolute atomic E-state index is 6.17. The number of hydrogen-bond donors (Lipinski definition) is 2. The molecule has 3 N–H and O–H groups in total. The third kappa shape index (κ3) is 2.79. The molecule has 0 unspecified atom stereocenters. The third-order valence-electron chi connectivity index (χ3n) is 2.57. The van der Waals surface area contributed by atoms with Crippen LogP contribution in [-0.4, -0.2) is 0 Å². The summed E-state index contributed by atoms with van der Waals surface area (Å²) in [4.78, 5) is 0. The Morgan fingerprint density at radius 2 is 1.71 bits per heavy atom. The summed E-state index contributed by atoms with van der Waals surface area (Å²) in [6.45, 7) is 0. The highest BCUT2D eigenvalue weighted by Crippen LogP contribution is 2.29. The molecule has 0 aromatic heterocycles. The van der Waals surface area contributed by atoms with Crippen LogP contribution in [-0.2, 0) is 0 Å². The van der Waals surface area contributed by atoms with Crippen molar-refractivity contribution in [2.45, 2.75) is 6.04 Å². The molecule has 2 rings (SSSR count). The van der Waals surface area contributed by atoms with E-state index in [1.807, 2.05) is 36.4 Å². The van der Waals surface area contributed by atoms with Crippen LogP contribution in [0.5, 0.6) is 0 Å². The van der Waals surface area contributed by atoms with Crippen LogP contribution in [0.4, 0.5) is 0 Å². The molecule has 0 aliphatic heterocycles. The molecule has 4 heteroatoms. The molecule has 0 bridgehead atoms. The number of hydrazine groups is 1. The first kappa shape index (κ1) is 12.4. The van der Waals surface area contributed by atoms with Gasteiger partial charge in [-0.2, -0.15) is 0 Å². The lowest BCUT2D eigenvalue weighted by Crippen LogP contribution is -2.29. The van der Waals surface area contributed by atoms with Gasteiger partial charge < -0.3 is 0 Å². The maximum Gasteiger partial charge on any atom is 0.0725 e. The first-order chi connectivity index (χ1) is 8.22. The normalized spacial score (nSPS) is 12.4. The Hall–Kier alpha value is -1.06. The van der Waals surface area contributed by atoms with Gasteiger partial charge in [-0.3, -0.25) is 5.84 Å². The van der Waals surface area contributed by atoms with Gasteiger partial charge in [0.25, 0.3) is 0 Å². The van der Waals surface area contributed by atoms with Gasteiger partial charge in [0.15, 0.2) is 0 Å². The smallest absolute Gasteiger partial charge is 0.0725 e. The van der Waals surface area contributed by atoms with Gasteiger partial charge in [-0.1, -0.05) is 53.5 Å². The molecule has 1 atom stereocenters. The first-order valence-corrected chi connectivity index (χ1v) is 5.94. The van der Waals surface area contributed by atoms with Gasteiger partial charge in [0, 0.05) is 10.0 Å². The second kappa shape index (κ2) is 5.52. The fourth-order valence-electron chi connectivity index (χ4n) is 1.75. The Morgan fingerprint density at radius 3 is 2.35 bits per heavy atom. The van der Waals surface area contributed by atoms with Crippen molar-refractivity contribution in [1.29, 1.82) is 0 Å². The van der Waals surface area contributed by atoms with E-state index in [0.717, 1.165) is 11.1 Å². The quantitative estimate of drug-likeness (QED) is 0.659. The van der Waals surface area contributed by atoms with Crippen molar-refractivity contribution in [3.63, 3.8) is 0 Å². The van der Waals surface area contributed by atoms with Crippen molar-refractivity contribution in [2.75, 3.05) is 0 Å². The molecule has 0 heterocycles. The number of benzene rings is 2. The van der Waals surface area contributed by atoms with E-state index in [4.69, 9.17) is 29.0 Å². The Labute approximate surface area is 110 Å². The van der Waals surface area contributed by atoms with E-state index >= 15 is 0 Å². The van der Waals surface area contributed by atoms with E-state index in [0.29, 0.717) is 10.0 Å². The molecular formula is C13H12Cl2N2. The molecule has 0 radical (unpaired) electrons. The minimum absolute atomic E-state index is 0.164. The minimum Gasteiger partial charge on any atom is -0.271 e. The van der Waals surface area contributed by atoms with Crippen LogP contribution in [0.1, 0.15) is 17.2 Å². The lowest BCUT2D eigenvalue weighted by atomic mass is 9.99. The standard InChI is InChI=1S/C13H12Cl2N2/c14-10-6-7-12(15)11(8-10)13(17-16)9-4-2-1-3-5-9/h1-8,13,17H,16H2/t13-/m1/s1. The van der Waals surface area contributed by atoms with E-state index in [-0.39, 0.29) is 6.04 Å². The van der Waals surface area contributed by atoms with Crippen molar-refractivity contribution in [3.05, 3.63) is 69.7 Å². The zero-order valence-electron chi connectivity index (χ0n) is 9.03. The van der Waals surface area contributed by atoms with Crippen molar-refractivity contribution in [3.8, 4) is 0 Å². The lowest BCUT2D eigenvalue weighted by Gasteiger charge is -2.18. The van der Waals surface area contributed by atoms with Gasteiger partial charge in [-0.25, -0.2) is 5.43 Å². The van der Waals surface area contributed by atoms with Crippen molar-refractivity contribution >= 4 is 23.2 Å². The van der Waals surface area contributed by atoms with E-state index < -0.39 is 0 Å². The van der Waals surface area contributed by atoms with Gasteiger partial charge in [-0.05, 0) is 29.3 Å². The van der Waals surface area contributed by atoms with Crippen molar-refractivity contribution < 1.29 is 0 Å². The Bertz CT molecular complexity index is 500. The predicted octanol–water partition coefficient (Wildman–Crippen LogP) is 3.55. The summed E-state index contributed by atoms with van der Waals surface area (Å²) in [5.74, 6) is 5.60. The van der Waals surface area contributed by atoms with Gasteiger partial charge >= 0.3 is 0 Å². The van der Waals surface area contributed by atoms with Crippen LogP contribution in [0.3, 0.4) is 0 Å². The molecule has 2 aromatic rings. The van der Waals surface area contributed by atoms with Gasteiger partial charge in [0.1, 0.15) is 0 Å². The highest BCUT2D eigenvalue weighted by Gasteiger charge is 2.15. The van der Waals surface area contributed by atoms with Crippen LogP contribution in [0.25, 0.3) is 0 Å². The average Bonchev–Trinajstić information content (AvgIpc) is 2.36. The summed E-state index contributed by atoms with van der Waals surface area (Å²) in [6, 6.07) is 15.0. The Balaban J connectivity index is 2.46. The van der Waals surface area contributed by atoms with E-state index in [1.54, 1.807) is 12.1 Å². The van der Waals surface area contributed by atoms with Gasteiger partial charge in [-0.15, -0.1) is 0 Å². The molecular weight excluding hydrogens is 255 g/mol. The van der Waals surface area contributed by atoms with Gasteiger partial charge in [0.05, 0.1) is 6.04 Å². The summed E-state index contributed by atoms with van der Waals surface area (Å²) < 4.78 is 0. The number of nitrogens with one attached hydrogen (secondary N) is 1. The van der Waals surface area contributed by atoms with Crippen LogP contribution in [0.15, 0.2) is 48.5 Å². The summed E-state index contributed by atoms with van der Waals surface area (Å²) in [7, 11) is 0. The Morgan fingerprint density at radius 1 is 1.00 bits per heavy atom. The minimum atomic E-state index is -0.164. The second-order valence-electron chi connectivity index (χ2n) is 3.68. The highest BCUT2D eigenvalue weighted by atomic mass is 35.5. The summed E-state index contributed by atoms with van der Waals surface area (Å²) >= 11 is 12.1. The highest BCUT2D eigenvalue weighted by molar-refractivity contribution is 6.33. The maximum atomic E-state index is 6.17. The summed E-state index contributed by atoms with van der Waals surface area (Å²) in [5, 5.41) is 1.28. The fraction of sp³-hybridized carbons (Fsp3) is 0.0769. The lowest BCUT2D eigenvalue weighted by molar-refractivity contribution is 0.637. The monoisotopic (exact) mass is 266 g/mol. The molecule has 17 heavy (non-hydrogen) atoms. The van der Waals surface area contributed by atoms with Crippen molar-refractivity contribution in [1.82, 2.24) is 5.43 Å². The zero-order chi connectivity index (χ0) is 12.3. The largest absolute Gasteiger partial charge is 0.271 e. The molecule has 0 aliphatic carbocycles. The molecule has 0 fully saturated rings. The Kier molecular flexibility index (Phi) is 4.02. The molecule has 0 aliphatic rings. The molecule has 0 amide bonds. The molecule has 2 nitrogen and oxygen atoms in total. The number of hydrogen-bond acceptors (Lipinski definition) is 2. The molecule has 0 saturated heterocycles. The molecule has 2 aromatic carbocycles. The fourth-order valence-corrected chi connectivity index (χ4v) is 2.15. The van der Waals surface area contributed by atoms with Crippen LogP contribution < -0.4 is 11.3 Å². The third-order valence-corrected chi connectivity index (χ3v) is 3.15. The summed E-state index contributed by atoms with van der Waals surface area (Å²) in [6.07, 6.45) is 0. The van der Waals surface area contributed by atoms with Gasteiger partial charge in [0.2, 0.25) is 0 Å². The second-order valence-corrected chi connectivity index (χ2v) is 4.52. The number of rotatable bonds is 3. The van der Waals surface area contributed by atoms with Crippen LogP contribution in [0.2, 0.25) is 10.0 Å². The SMILES string of the molecule is NN[C@H](c1ccccc1)c1cc(Cl)ccc1Cl. The number of nitrogens with two attached hydrogens (primary N) is 1. The zero-order valence-corrected chi connectivity index (χ0v) is 10.5. The van der Waals surface area contributed by atoms with Crippen LogP contribution >= 0.6 is 23.2 Å². The van der Waals surface area contributed by atoms with E-state index in [1.165, 1.54) is 0 Å². The molecule has 0 spiro atoms.